The second-order valence-corrected chi connectivity index (χ2v) is 7.20. The molecule has 1 heterocycles. The lowest BCUT2D eigenvalue weighted by Crippen LogP contribution is -2.47. The lowest BCUT2D eigenvalue weighted by molar-refractivity contribution is 0.203. The highest BCUT2D eigenvalue weighted by atomic mass is 32.2. The van der Waals surface area contributed by atoms with Crippen LogP contribution in [0, 0.1) is 5.82 Å². The average molecular weight is 301 g/mol. The molecule has 112 valence electrons. The fourth-order valence-electron chi connectivity index (χ4n) is 2.83. The van der Waals surface area contributed by atoms with E-state index in [0.29, 0.717) is 5.56 Å². The van der Waals surface area contributed by atoms with Gasteiger partial charge in [0.2, 0.25) is 10.0 Å². The molecule has 1 aromatic rings. The molecule has 1 aromatic carbocycles. The minimum Gasteiger partial charge on any atom is -0.392 e. The van der Waals surface area contributed by atoms with Crippen LogP contribution in [0.5, 0.6) is 0 Å². The molecule has 6 heteroatoms. The third-order valence-electron chi connectivity index (χ3n) is 3.85. The van der Waals surface area contributed by atoms with Gasteiger partial charge >= 0.3 is 0 Å². The summed E-state index contributed by atoms with van der Waals surface area (Å²) in [6.45, 7) is 3.38. The lowest BCUT2D eigenvalue weighted by Gasteiger charge is -2.37. The van der Waals surface area contributed by atoms with Crippen LogP contribution in [0.15, 0.2) is 23.1 Å². The number of benzene rings is 1. The first-order chi connectivity index (χ1) is 9.37. The van der Waals surface area contributed by atoms with Gasteiger partial charge in [0.1, 0.15) is 10.7 Å². The van der Waals surface area contributed by atoms with E-state index in [1.54, 1.807) is 0 Å². The van der Waals surface area contributed by atoms with Crippen LogP contribution in [0.1, 0.15) is 38.7 Å². The summed E-state index contributed by atoms with van der Waals surface area (Å²) in [5, 5.41) is 9.10. The van der Waals surface area contributed by atoms with E-state index >= 15 is 0 Å². The summed E-state index contributed by atoms with van der Waals surface area (Å²) in [6.07, 6.45) is 2.54. The van der Waals surface area contributed by atoms with Crippen molar-refractivity contribution in [1.29, 1.82) is 0 Å². The van der Waals surface area contributed by atoms with Gasteiger partial charge in [0.05, 0.1) is 6.61 Å². The van der Waals surface area contributed by atoms with E-state index in [1.165, 1.54) is 16.4 Å². The molecule has 1 aliphatic heterocycles. The smallest absolute Gasteiger partial charge is 0.246 e. The predicted molar refractivity (Wildman–Crippen MR) is 74.1 cm³/mol. The van der Waals surface area contributed by atoms with Gasteiger partial charge in [0.25, 0.3) is 0 Å². The number of rotatable bonds is 3. The number of halogens is 1. The summed E-state index contributed by atoms with van der Waals surface area (Å²) in [5.74, 6) is -0.771. The first kappa shape index (κ1) is 15.4. The van der Waals surface area contributed by atoms with Crippen molar-refractivity contribution in [3.8, 4) is 0 Å². The Morgan fingerprint density at radius 1 is 1.30 bits per heavy atom. The maximum Gasteiger partial charge on any atom is 0.246 e. The highest BCUT2D eigenvalue weighted by Gasteiger charge is 2.37. The van der Waals surface area contributed by atoms with Gasteiger partial charge in [-0.2, -0.15) is 4.31 Å². The van der Waals surface area contributed by atoms with Crippen molar-refractivity contribution in [1.82, 2.24) is 4.31 Å². The Hall–Kier alpha value is -0.980. The zero-order chi connectivity index (χ0) is 14.9. The molecule has 20 heavy (non-hydrogen) atoms. The molecule has 0 radical (unpaired) electrons. The molecule has 0 spiro atoms. The molecular weight excluding hydrogens is 281 g/mol. The van der Waals surface area contributed by atoms with Crippen LogP contribution in [0.4, 0.5) is 4.39 Å². The second kappa shape index (κ2) is 5.79. The molecule has 1 saturated heterocycles. The molecule has 1 fully saturated rings. The lowest BCUT2D eigenvalue weighted by atomic mass is 10.0. The van der Waals surface area contributed by atoms with E-state index in [2.05, 4.69) is 0 Å². The first-order valence-corrected chi connectivity index (χ1v) is 8.24. The van der Waals surface area contributed by atoms with E-state index in [1.807, 2.05) is 13.8 Å². The van der Waals surface area contributed by atoms with Crippen molar-refractivity contribution in [2.24, 2.45) is 0 Å². The molecule has 4 nitrogen and oxygen atoms in total. The van der Waals surface area contributed by atoms with E-state index in [0.717, 1.165) is 25.3 Å². The van der Waals surface area contributed by atoms with Crippen molar-refractivity contribution < 1.29 is 17.9 Å². The standard InChI is InChI=1S/C14H20FNO3S/c1-10-4-3-5-11(2)16(10)20(18,19)14-8-12(9-17)6-7-13(14)15/h6-8,10-11,17H,3-5,9H2,1-2H3/t10-,11+. The fourth-order valence-corrected chi connectivity index (χ4v) is 4.83. The molecule has 0 amide bonds. The van der Waals surface area contributed by atoms with Crippen LogP contribution in [0.25, 0.3) is 0 Å². The Kier molecular flexibility index (Phi) is 4.46. The Labute approximate surface area is 119 Å². The minimum atomic E-state index is -3.88. The maximum atomic E-state index is 13.9. The van der Waals surface area contributed by atoms with Crippen molar-refractivity contribution in [3.63, 3.8) is 0 Å². The topological polar surface area (TPSA) is 57.6 Å². The predicted octanol–water partition coefficient (Wildman–Crippen LogP) is 2.27. The highest BCUT2D eigenvalue weighted by Crippen LogP contribution is 2.30. The third-order valence-corrected chi connectivity index (χ3v) is 5.99. The van der Waals surface area contributed by atoms with Crippen molar-refractivity contribution in [3.05, 3.63) is 29.6 Å². The van der Waals surface area contributed by atoms with Crippen molar-refractivity contribution in [2.75, 3.05) is 0 Å². The monoisotopic (exact) mass is 301 g/mol. The number of sulfonamides is 1. The summed E-state index contributed by atoms with van der Waals surface area (Å²) >= 11 is 0. The molecule has 1 aliphatic rings. The molecule has 0 unspecified atom stereocenters. The molecule has 1 N–H and O–H groups in total. The summed E-state index contributed by atoms with van der Waals surface area (Å²) < 4.78 is 40.7. The Bertz CT molecular complexity index is 578. The molecule has 0 aliphatic carbocycles. The number of aliphatic hydroxyl groups is 1. The number of aliphatic hydroxyl groups excluding tert-OH is 1. The molecule has 2 atom stereocenters. The van der Waals surface area contributed by atoms with E-state index in [4.69, 9.17) is 5.11 Å². The Morgan fingerprint density at radius 2 is 1.90 bits per heavy atom. The van der Waals surface area contributed by atoms with Gasteiger partial charge in [0, 0.05) is 12.1 Å². The average Bonchev–Trinajstić information content (AvgIpc) is 2.38. The summed E-state index contributed by atoms with van der Waals surface area (Å²) in [6, 6.07) is 3.43. The van der Waals surface area contributed by atoms with Crippen LogP contribution in [0.3, 0.4) is 0 Å². The molecule has 2 rings (SSSR count). The summed E-state index contributed by atoms with van der Waals surface area (Å²) in [7, 11) is -3.88. The van der Waals surface area contributed by atoms with E-state index in [-0.39, 0.29) is 23.6 Å². The number of hydrogen-bond donors (Lipinski definition) is 1. The molecule has 0 saturated carbocycles. The SMILES string of the molecule is C[C@@H]1CCC[C@H](C)N1S(=O)(=O)c1cc(CO)ccc1F. The number of piperidine rings is 1. The van der Waals surface area contributed by atoms with Gasteiger partial charge in [-0.1, -0.05) is 12.5 Å². The Balaban J connectivity index is 2.49. The third kappa shape index (κ3) is 2.73. The van der Waals surface area contributed by atoms with Crippen LogP contribution in [0.2, 0.25) is 0 Å². The zero-order valence-electron chi connectivity index (χ0n) is 11.7. The molecular formula is C14H20FNO3S. The zero-order valence-corrected chi connectivity index (χ0v) is 12.5. The number of hydrogen-bond acceptors (Lipinski definition) is 3. The van der Waals surface area contributed by atoms with Crippen LogP contribution in [-0.2, 0) is 16.6 Å². The Morgan fingerprint density at radius 3 is 2.45 bits per heavy atom. The molecule has 0 aromatic heterocycles. The van der Waals surface area contributed by atoms with Gasteiger partial charge in [-0.3, -0.25) is 0 Å². The quantitative estimate of drug-likeness (QED) is 0.931. The van der Waals surface area contributed by atoms with Crippen LogP contribution in [-0.4, -0.2) is 29.9 Å². The summed E-state index contributed by atoms with van der Waals surface area (Å²) in [5.41, 5.74) is 0.391. The van der Waals surface area contributed by atoms with Gasteiger partial charge in [-0.25, -0.2) is 12.8 Å². The first-order valence-electron chi connectivity index (χ1n) is 6.80. The van der Waals surface area contributed by atoms with Crippen LogP contribution >= 0.6 is 0 Å². The second-order valence-electron chi connectivity index (χ2n) is 5.39. The van der Waals surface area contributed by atoms with Gasteiger partial charge in [-0.05, 0) is 44.4 Å². The van der Waals surface area contributed by atoms with Gasteiger partial charge in [-0.15, -0.1) is 0 Å². The van der Waals surface area contributed by atoms with Crippen molar-refractivity contribution >= 4 is 10.0 Å². The highest BCUT2D eigenvalue weighted by molar-refractivity contribution is 7.89. The normalized spacial score (nSPS) is 24.8. The van der Waals surface area contributed by atoms with E-state index in [9.17, 15) is 12.8 Å². The van der Waals surface area contributed by atoms with Crippen LogP contribution < -0.4 is 0 Å². The van der Waals surface area contributed by atoms with Gasteiger partial charge in [0.15, 0.2) is 0 Å². The summed E-state index contributed by atoms with van der Waals surface area (Å²) in [4.78, 5) is -0.343. The van der Waals surface area contributed by atoms with Gasteiger partial charge < -0.3 is 5.11 Å². The van der Waals surface area contributed by atoms with E-state index < -0.39 is 15.8 Å². The fraction of sp³-hybridized carbons (Fsp3) is 0.571. The van der Waals surface area contributed by atoms with Crippen molar-refractivity contribution in [2.45, 2.75) is 56.7 Å². The number of nitrogens with zero attached hydrogens (tertiary/aromatic N) is 1. The molecule has 0 bridgehead atoms. The largest absolute Gasteiger partial charge is 0.392 e. The maximum absolute atomic E-state index is 13.9. The minimum absolute atomic E-state index is 0.138.